The van der Waals surface area contributed by atoms with Crippen LogP contribution in [0.4, 0.5) is 11.5 Å². The van der Waals surface area contributed by atoms with Crippen LogP contribution in [0.1, 0.15) is 19.3 Å². The first kappa shape index (κ1) is 10.6. The smallest absolute Gasteiger partial charge is 0.127 e. The van der Waals surface area contributed by atoms with Crippen LogP contribution in [0.5, 0.6) is 0 Å². The van der Waals surface area contributed by atoms with Crippen LogP contribution in [0.3, 0.4) is 0 Å². The molecule has 15 heavy (non-hydrogen) atoms. The Morgan fingerprint density at radius 2 is 2.40 bits per heavy atom. The summed E-state index contributed by atoms with van der Waals surface area (Å²) in [5, 5.41) is 3.37. The van der Waals surface area contributed by atoms with Crippen molar-refractivity contribution in [2.45, 2.75) is 24.0 Å². The number of anilines is 2. The van der Waals surface area contributed by atoms with Crippen LogP contribution in [0, 0.1) is 0 Å². The number of hydrogen-bond donors (Lipinski definition) is 2. The lowest BCUT2D eigenvalue weighted by atomic mass is 9.84. The van der Waals surface area contributed by atoms with E-state index in [4.69, 9.17) is 5.73 Å². The Morgan fingerprint density at radius 3 is 2.93 bits per heavy atom. The molecule has 4 heteroatoms. The Hall–Kier alpha value is -0.900. The van der Waals surface area contributed by atoms with Gasteiger partial charge in [0, 0.05) is 29.2 Å². The van der Waals surface area contributed by atoms with Gasteiger partial charge in [-0.3, -0.25) is 0 Å². The van der Waals surface area contributed by atoms with Gasteiger partial charge in [0.05, 0.1) is 0 Å². The first-order valence-electron chi connectivity index (χ1n) is 5.25. The summed E-state index contributed by atoms with van der Waals surface area (Å²) in [4.78, 5) is 4.23. The predicted molar refractivity (Wildman–Crippen MR) is 67.2 cm³/mol. The number of nitrogens with zero attached hydrogens (tertiary/aromatic N) is 1. The Kier molecular flexibility index (Phi) is 3.05. The third-order valence-corrected chi connectivity index (χ3v) is 4.49. The third kappa shape index (κ3) is 2.37. The standard InChI is InChI=1S/C11H17N3S/c1-15-11(4-2-5-11)8-14-10-7-9(12)3-6-13-10/h3,6-7H,2,4-5,8H2,1H3,(H3,12,13,14). The fourth-order valence-corrected chi connectivity index (χ4v) is 2.73. The summed E-state index contributed by atoms with van der Waals surface area (Å²) < 4.78 is 0.437. The molecule has 1 aromatic rings. The van der Waals surface area contributed by atoms with E-state index in [9.17, 15) is 0 Å². The highest BCUT2D eigenvalue weighted by Gasteiger charge is 2.35. The lowest BCUT2D eigenvalue weighted by Crippen LogP contribution is -2.40. The van der Waals surface area contributed by atoms with Crippen molar-refractivity contribution >= 4 is 23.3 Å². The molecule has 0 saturated heterocycles. The van der Waals surface area contributed by atoms with Gasteiger partial charge in [0.2, 0.25) is 0 Å². The molecule has 0 bridgehead atoms. The number of rotatable bonds is 4. The molecule has 0 amide bonds. The summed E-state index contributed by atoms with van der Waals surface area (Å²) in [5.74, 6) is 0.885. The molecule has 0 radical (unpaired) electrons. The zero-order valence-electron chi connectivity index (χ0n) is 8.99. The Labute approximate surface area is 94.8 Å². The fourth-order valence-electron chi connectivity index (χ4n) is 1.82. The highest BCUT2D eigenvalue weighted by Crippen LogP contribution is 2.42. The first-order valence-corrected chi connectivity index (χ1v) is 6.47. The van der Waals surface area contributed by atoms with E-state index in [1.807, 2.05) is 17.8 Å². The van der Waals surface area contributed by atoms with Crippen molar-refractivity contribution < 1.29 is 0 Å². The minimum atomic E-state index is 0.437. The molecule has 0 unspecified atom stereocenters. The number of nitrogens with two attached hydrogens (primary N) is 1. The molecule has 3 nitrogen and oxygen atoms in total. The van der Waals surface area contributed by atoms with Gasteiger partial charge in [-0.2, -0.15) is 11.8 Å². The number of nitrogen functional groups attached to an aromatic ring is 1. The lowest BCUT2D eigenvalue weighted by Gasteiger charge is -2.40. The quantitative estimate of drug-likeness (QED) is 0.822. The molecular formula is C11H17N3S. The SMILES string of the molecule is CSC1(CNc2cc(N)ccn2)CCC1. The molecule has 82 valence electrons. The van der Waals surface area contributed by atoms with E-state index in [1.54, 1.807) is 12.3 Å². The summed E-state index contributed by atoms with van der Waals surface area (Å²) in [7, 11) is 0. The van der Waals surface area contributed by atoms with Gasteiger partial charge < -0.3 is 11.1 Å². The number of pyridine rings is 1. The van der Waals surface area contributed by atoms with E-state index >= 15 is 0 Å². The molecule has 1 aromatic heterocycles. The number of nitrogens with one attached hydrogen (secondary N) is 1. The van der Waals surface area contributed by atoms with Gasteiger partial charge >= 0.3 is 0 Å². The van der Waals surface area contributed by atoms with Gasteiger partial charge in [-0.1, -0.05) is 6.42 Å². The number of aromatic nitrogens is 1. The van der Waals surface area contributed by atoms with Crippen LogP contribution < -0.4 is 11.1 Å². The second-order valence-corrected chi connectivity index (χ2v) is 5.34. The van der Waals surface area contributed by atoms with Crippen LogP contribution in [0.15, 0.2) is 18.3 Å². The molecule has 1 aliphatic rings. The average molecular weight is 223 g/mol. The van der Waals surface area contributed by atoms with Crippen molar-refractivity contribution in [1.29, 1.82) is 0 Å². The zero-order chi connectivity index (χ0) is 10.7. The van der Waals surface area contributed by atoms with Gasteiger partial charge in [-0.15, -0.1) is 0 Å². The lowest BCUT2D eigenvalue weighted by molar-refractivity contribution is 0.379. The van der Waals surface area contributed by atoms with Gasteiger partial charge in [0.25, 0.3) is 0 Å². The Balaban J connectivity index is 1.92. The normalized spacial score (nSPS) is 18.2. The van der Waals surface area contributed by atoms with E-state index in [-0.39, 0.29) is 0 Å². The highest BCUT2D eigenvalue weighted by molar-refractivity contribution is 8.00. The zero-order valence-corrected chi connectivity index (χ0v) is 9.81. The second kappa shape index (κ2) is 4.31. The molecular weight excluding hydrogens is 206 g/mol. The van der Waals surface area contributed by atoms with E-state index < -0.39 is 0 Å². The topological polar surface area (TPSA) is 50.9 Å². The molecule has 2 rings (SSSR count). The summed E-state index contributed by atoms with van der Waals surface area (Å²) in [6, 6.07) is 3.69. The molecule has 1 fully saturated rings. The molecule has 1 saturated carbocycles. The summed E-state index contributed by atoms with van der Waals surface area (Å²) in [6.07, 6.45) is 7.90. The van der Waals surface area contributed by atoms with E-state index in [0.717, 1.165) is 18.1 Å². The third-order valence-electron chi connectivity index (χ3n) is 3.07. The van der Waals surface area contributed by atoms with Crippen LogP contribution in [-0.2, 0) is 0 Å². The number of thioether (sulfide) groups is 1. The van der Waals surface area contributed by atoms with Crippen molar-refractivity contribution in [2.75, 3.05) is 23.9 Å². The molecule has 0 spiro atoms. The van der Waals surface area contributed by atoms with Gasteiger partial charge in [0.15, 0.2) is 0 Å². The van der Waals surface area contributed by atoms with Crippen LogP contribution in [-0.4, -0.2) is 22.5 Å². The average Bonchev–Trinajstić information content (AvgIpc) is 2.17. The van der Waals surface area contributed by atoms with Crippen molar-refractivity contribution in [2.24, 2.45) is 0 Å². The molecule has 3 N–H and O–H groups in total. The van der Waals surface area contributed by atoms with Crippen LogP contribution in [0.25, 0.3) is 0 Å². The minimum absolute atomic E-state index is 0.437. The number of hydrogen-bond acceptors (Lipinski definition) is 4. The van der Waals surface area contributed by atoms with Gasteiger partial charge in [-0.25, -0.2) is 4.98 Å². The van der Waals surface area contributed by atoms with Crippen LogP contribution >= 0.6 is 11.8 Å². The van der Waals surface area contributed by atoms with Crippen molar-refractivity contribution in [1.82, 2.24) is 4.98 Å². The maximum absolute atomic E-state index is 5.69. The van der Waals surface area contributed by atoms with E-state index in [1.165, 1.54) is 19.3 Å². The molecule has 0 atom stereocenters. The maximum atomic E-state index is 5.69. The maximum Gasteiger partial charge on any atom is 0.127 e. The van der Waals surface area contributed by atoms with Gasteiger partial charge in [-0.05, 0) is 25.2 Å². The van der Waals surface area contributed by atoms with E-state index in [0.29, 0.717) is 4.75 Å². The fraction of sp³-hybridized carbons (Fsp3) is 0.545. The van der Waals surface area contributed by atoms with Crippen LogP contribution in [0.2, 0.25) is 0 Å². The highest BCUT2D eigenvalue weighted by atomic mass is 32.2. The minimum Gasteiger partial charge on any atom is -0.399 e. The van der Waals surface area contributed by atoms with Crippen molar-refractivity contribution in [3.8, 4) is 0 Å². The summed E-state index contributed by atoms with van der Waals surface area (Å²) in [6.45, 7) is 0.991. The molecule has 1 aliphatic carbocycles. The van der Waals surface area contributed by atoms with Crippen molar-refractivity contribution in [3.05, 3.63) is 18.3 Å². The van der Waals surface area contributed by atoms with E-state index in [2.05, 4.69) is 16.6 Å². The van der Waals surface area contributed by atoms with Crippen molar-refractivity contribution in [3.63, 3.8) is 0 Å². The summed E-state index contributed by atoms with van der Waals surface area (Å²) in [5.41, 5.74) is 6.45. The Morgan fingerprint density at radius 1 is 1.60 bits per heavy atom. The first-order chi connectivity index (χ1) is 7.24. The second-order valence-electron chi connectivity index (χ2n) is 4.07. The molecule has 0 aromatic carbocycles. The molecule has 1 heterocycles. The summed E-state index contributed by atoms with van der Waals surface area (Å²) >= 11 is 1.96. The predicted octanol–water partition coefficient (Wildman–Crippen LogP) is 2.36. The van der Waals surface area contributed by atoms with Gasteiger partial charge in [0.1, 0.15) is 5.82 Å². The Bertz CT molecular complexity index is 331. The largest absolute Gasteiger partial charge is 0.399 e. The molecule has 0 aliphatic heterocycles. The monoisotopic (exact) mass is 223 g/mol.